The minimum absolute atomic E-state index is 0.0817. The lowest BCUT2D eigenvalue weighted by Crippen LogP contribution is -2.39. The normalized spacial score (nSPS) is 14.8. The SMILES string of the molecule is CSc1ccccc1C(=O)N1CCC(n2c(-c3ccccc3)nc3ccc(F)cc32)CC1. The molecule has 0 aliphatic carbocycles. The molecule has 1 aliphatic heterocycles. The lowest BCUT2D eigenvalue weighted by atomic mass is 10.0. The number of imidazole rings is 1. The van der Waals surface area contributed by atoms with Gasteiger partial charge in [0.15, 0.2) is 0 Å². The van der Waals surface area contributed by atoms with E-state index in [2.05, 4.69) is 4.57 Å². The molecule has 1 fully saturated rings. The van der Waals surface area contributed by atoms with Crippen LogP contribution in [0.5, 0.6) is 0 Å². The molecule has 0 N–H and O–H groups in total. The molecule has 3 aromatic carbocycles. The van der Waals surface area contributed by atoms with Crippen molar-refractivity contribution in [1.29, 1.82) is 0 Å². The molecule has 1 amide bonds. The Balaban J connectivity index is 1.45. The zero-order valence-corrected chi connectivity index (χ0v) is 18.7. The van der Waals surface area contributed by atoms with Crippen LogP contribution in [0.15, 0.2) is 77.7 Å². The summed E-state index contributed by atoms with van der Waals surface area (Å²) in [6.45, 7) is 1.32. The lowest BCUT2D eigenvalue weighted by molar-refractivity contribution is 0.0693. The van der Waals surface area contributed by atoms with Crippen molar-refractivity contribution in [2.75, 3.05) is 19.3 Å². The van der Waals surface area contributed by atoms with Crippen LogP contribution in [0.4, 0.5) is 4.39 Å². The third-order valence-corrected chi connectivity index (χ3v) is 6.93. The molecule has 162 valence electrons. The molecule has 0 spiro atoms. The number of halogens is 1. The van der Waals surface area contributed by atoms with E-state index in [1.807, 2.05) is 65.8 Å². The number of thioether (sulfide) groups is 1. The number of nitrogens with zero attached hydrogens (tertiary/aromatic N) is 3. The fourth-order valence-corrected chi connectivity index (χ4v) is 5.14. The molecule has 1 aromatic heterocycles. The van der Waals surface area contributed by atoms with Gasteiger partial charge in [0.25, 0.3) is 5.91 Å². The molecule has 6 heteroatoms. The Morgan fingerprint density at radius 3 is 2.47 bits per heavy atom. The summed E-state index contributed by atoms with van der Waals surface area (Å²) in [7, 11) is 0. The maximum Gasteiger partial charge on any atom is 0.254 e. The summed E-state index contributed by atoms with van der Waals surface area (Å²) in [4.78, 5) is 20.9. The summed E-state index contributed by atoms with van der Waals surface area (Å²) >= 11 is 1.59. The Hall–Kier alpha value is -3.12. The number of benzene rings is 3. The van der Waals surface area contributed by atoms with Crippen molar-refractivity contribution >= 4 is 28.7 Å². The number of piperidine rings is 1. The molecule has 32 heavy (non-hydrogen) atoms. The van der Waals surface area contributed by atoms with Crippen LogP contribution < -0.4 is 0 Å². The van der Waals surface area contributed by atoms with E-state index in [-0.39, 0.29) is 17.8 Å². The highest BCUT2D eigenvalue weighted by molar-refractivity contribution is 7.98. The average Bonchev–Trinajstić information content (AvgIpc) is 3.23. The van der Waals surface area contributed by atoms with E-state index >= 15 is 0 Å². The van der Waals surface area contributed by atoms with Crippen LogP contribution in [0, 0.1) is 5.82 Å². The predicted octanol–water partition coefficient (Wildman–Crippen LogP) is 6.04. The molecule has 4 nitrogen and oxygen atoms in total. The lowest BCUT2D eigenvalue weighted by Gasteiger charge is -2.34. The van der Waals surface area contributed by atoms with Crippen LogP contribution in [0.2, 0.25) is 0 Å². The van der Waals surface area contributed by atoms with Gasteiger partial charge in [-0.05, 0) is 49.4 Å². The van der Waals surface area contributed by atoms with Crippen LogP contribution in [-0.2, 0) is 0 Å². The first-order valence-electron chi connectivity index (χ1n) is 10.8. The van der Waals surface area contributed by atoms with Gasteiger partial charge in [-0.3, -0.25) is 4.79 Å². The van der Waals surface area contributed by atoms with Gasteiger partial charge in [0.2, 0.25) is 0 Å². The average molecular weight is 446 g/mol. The van der Waals surface area contributed by atoms with Gasteiger partial charge in [-0.2, -0.15) is 0 Å². The Morgan fingerprint density at radius 1 is 1.00 bits per heavy atom. The van der Waals surface area contributed by atoms with Crippen LogP contribution in [0.1, 0.15) is 29.2 Å². The van der Waals surface area contributed by atoms with Gasteiger partial charge in [-0.15, -0.1) is 11.8 Å². The summed E-state index contributed by atoms with van der Waals surface area (Å²) in [6.07, 6.45) is 3.59. The Morgan fingerprint density at radius 2 is 1.72 bits per heavy atom. The van der Waals surface area contributed by atoms with Crippen LogP contribution in [0.25, 0.3) is 22.4 Å². The van der Waals surface area contributed by atoms with E-state index < -0.39 is 0 Å². The van der Waals surface area contributed by atoms with E-state index in [1.54, 1.807) is 23.9 Å². The number of hydrogen-bond acceptors (Lipinski definition) is 3. The molecule has 0 unspecified atom stereocenters. The molecular formula is C26H24FN3OS. The molecule has 2 heterocycles. The number of carbonyl (C=O) groups excluding carboxylic acids is 1. The van der Waals surface area contributed by atoms with Gasteiger partial charge >= 0.3 is 0 Å². The number of aromatic nitrogens is 2. The van der Waals surface area contributed by atoms with Gasteiger partial charge in [0.1, 0.15) is 11.6 Å². The van der Waals surface area contributed by atoms with E-state index in [0.29, 0.717) is 13.1 Å². The summed E-state index contributed by atoms with van der Waals surface area (Å²) < 4.78 is 16.3. The molecule has 0 saturated carbocycles. The summed E-state index contributed by atoms with van der Waals surface area (Å²) in [5.74, 6) is 0.668. The van der Waals surface area contributed by atoms with Crippen molar-refractivity contribution in [1.82, 2.24) is 14.5 Å². The van der Waals surface area contributed by atoms with Crippen LogP contribution in [0.3, 0.4) is 0 Å². The molecule has 0 radical (unpaired) electrons. The number of hydrogen-bond donors (Lipinski definition) is 0. The van der Waals surface area contributed by atoms with Gasteiger partial charge in [-0.25, -0.2) is 9.37 Å². The summed E-state index contributed by atoms with van der Waals surface area (Å²) in [5, 5.41) is 0. The molecule has 0 atom stereocenters. The van der Waals surface area contributed by atoms with Gasteiger partial charge in [-0.1, -0.05) is 42.5 Å². The number of likely N-dealkylation sites (tertiary alicyclic amines) is 1. The van der Waals surface area contributed by atoms with E-state index in [1.165, 1.54) is 6.07 Å². The summed E-state index contributed by atoms with van der Waals surface area (Å²) in [5.41, 5.74) is 3.37. The van der Waals surface area contributed by atoms with Gasteiger partial charge < -0.3 is 9.47 Å². The number of rotatable bonds is 4. The van der Waals surface area contributed by atoms with Crippen molar-refractivity contribution in [3.63, 3.8) is 0 Å². The minimum Gasteiger partial charge on any atom is -0.338 e. The standard InChI is InChI=1S/C26H24FN3OS/c1-32-24-10-6-5-9-21(24)26(31)29-15-13-20(14-16-29)30-23-17-19(27)11-12-22(23)28-25(30)18-7-3-2-4-8-18/h2-12,17,20H,13-16H2,1H3. The zero-order valence-electron chi connectivity index (χ0n) is 17.9. The number of fused-ring (bicyclic) bond motifs is 1. The molecule has 1 aliphatic rings. The third kappa shape index (κ3) is 3.79. The monoisotopic (exact) mass is 445 g/mol. The van der Waals surface area contributed by atoms with Crippen molar-refractivity contribution in [2.45, 2.75) is 23.8 Å². The highest BCUT2D eigenvalue weighted by Crippen LogP contribution is 2.34. The predicted molar refractivity (Wildman–Crippen MR) is 128 cm³/mol. The Bertz CT molecular complexity index is 1260. The molecule has 4 aromatic rings. The van der Waals surface area contributed by atoms with E-state index in [9.17, 15) is 9.18 Å². The Labute approximate surface area is 191 Å². The second-order valence-electron chi connectivity index (χ2n) is 8.03. The van der Waals surface area contributed by atoms with Gasteiger partial charge in [0, 0.05) is 29.6 Å². The van der Waals surface area contributed by atoms with Crippen molar-refractivity contribution in [2.24, 2.45) is 0 Å². The fraction of sp³-hybridized carbons (Fsp3) is 0.231. The molecular weight excluding hydrogens is 421 g/mol. The van der Waals surface area contributed by atoms with Crippen molar-refractivity contribution in [3.05, 3.63) is 84.2 Å². The molecule has 0 bridgehead atoms. The van der Waals surface area contributed by atoms with Crippen LogP contribution >= 0.6 is 11.8 Å². The van der Waals surface area contributed by atoms with E-state index in [4.69, 9.17) is 4.98 Å². The van der Waals surface area contributed by atoms with Crippen molar-refractivity contribution < 1.29 is 9.18 Å². The Kier molecular flexibility index (Phi) is 5.70. The quantitative estimate of drug-likeness (QED) is 0.359. The first kappa shape index (κ1) is 20.8. The number of carbonyl (C=O) groups is 1. The largest absolute Gasteiger partial charge is 0.338 e. The smallest absolute Gasteiger partial charge is 0.254 e. The highest BCUT2D eigenvalue weighted by Gasteiger charge is 2.28. The summed E-state index contributed by atoms with van der Waals surface area (Å²) in [6, 6.07) is 22.7. The van der Waals surface area contributed by atoms with Gasteiger partial charge in [0.05, 0.1) is 16.6 Å². The molecule has 5 rings (SSSR count). The van der Waals surface area contributed by atoms with Crippen molar-refractivity contribution in [3.8, 4) is 11.4 Å². The first-order valence-corrected chi connectivity index (χ1v) is 12.0. The van der Waals surface area contributed by atoms with E-state index in [0.717, 1.165) is 45.7 Å². The number of amides is 1. The van der Waals surface area contributed by atoms with Crippen LogP contribution in [-0.4, -0.2) is 39.7 Å². The maximum absolute atomic E-state index is 14.1. The molecule has 1 saturated heterocycles. The highest BCUT2D eigenvalue weighted by atomic mass is 32.2. The minimum atomic E-state index is -0.264. The second-order valence-corrected chi connectivity index (χ2v) is 8.88. The maximum atomic E-state index is 14.1. The topological polar surface area (TPSA) is 38.1 Å². The second kappa shape index (κ2) is 8.79. The first-order chi connectivity index (χ1) is 15.7. The fourth-order valence-electron chi connectivity index (χ4n) is 4.55. The zero-order chi connectivity index (χ0) is 22.1. The third-order valence-electron chi connectivity index (χ3n) is 6.14.